The molecule has 14 heavy (non-hydrogen) atoms. The van der Waals surface area contributed by atoms with Crippen molar-refractivity contribution in [3.05, 3.63) is 29.8 Å². The maximum absolute atomic E-state index is 5.01. The summed E-state index contributed by atoms with van der Waals surface area (Å²) in [5.41, 5.74) is 2.63. The first-order valence-electron chi connectivity index (χ1n) is 4.31. The molecule has 2 rings (SSSR count). The topological polar surface area (TPSA) is 64.1 Å². The van der Waals surface area contributed by atoms with Crippen LogP contribution in [0.15, 0.2) is 21.6 Å². The summed E-state index contributed by atoms with van der Waals surface area (Å²) in [6, 6.07) is 0. The molecule has 0 aliphatic carbocycles. The fraction of sp³-hybridized carbons (Fsp3) is 0.333. The van der Waals surface area contributed by atoms with Crippen molar-refractivity contribution >= 4 is 5.69 Å². The van der Waals surface area contributed by atoms with E-state index in [1.165, 1.54) is 6.39 Å². The molecule has 0 radical (unpaired) electrons. The molecule has 5 heteroatoms. The lowest BCUT2D eigenvalue weighted by Crippen LogP contribution is -2.00. The van der Waals surface area contributed by atoms with Gasteiger partial charge in [-0.3, -0.25) is 0 Å². The van der Waals surface area contributed by atoms with Gasteiger partial charge in [-0.1, -0.05) is 5.16 Å². The van der Waals surface area contributed by atoms with Gasteiger partial charge in [0.25, 0.3) is 0 Å². The second kappa shape index (κ2) is 3.53. The van der Waals surface area contributed by atoms with Crippen LogP contribution in [0.4, 0.5) is 5.69 Å². The summed E-state index contributed by atoms with van der Waals surface area (Å²) in [4.78, 5) is 3.99. The first kappa shape index (κ1) is 8.80. The van der Waals surface area contributed by atoms with E-state index in [4.69, 9.17) is 8.94 Å². The zero-order chi connectivity index (χ0) is 9.97. The van der Waals surface area contributed by atoms with Crippen LogP contribution in [0.25, 0.3) is 0 Å². The first-order chi connectivity index (χ1) is 6.77. The molecule has 0 aliphatic rings. The molecular weight excluding hydrogens is 182 g/mol. The summed E-state index contributed by atoms with van der Waals surface area (Å²) in [5.74, 6) is 0.783. The zero-order valence-corrected chi connectivity index (χ0v) is 8.07. The van der Waals surface area contributed by atoms with Crippen LogP contribution in [0.1, 0.15) is 17.1 Å². The molecule has 1 N–H and O–H groups in total. The fourth-order valence-corrected chi connectivity index (χ4v) is 1.24. The van der Waals surface area contributed by atoms with Gasteiger partial charge < -0.3 is 14.3 Å². The van der Waals surface area contributed by atoms with Crippen molar-refractivity contribution in [3.63, 3.8) is 0 Å². The predicted octanol–water partition coefficient (Wildman–Crippen LogP) is 1.89. The number of oxazole rings is 1. The van der Waals surface area contributed by atoms with Crippen molar-refractivity contribution < 1.29 is 8.94 Å². The average Bonchev–Trinajstić information content (AvgIpc) is 2.76. The minimum absolute atomic E-state index is 0.611. The van der Waals surface area contributed by atoms with E-state index in [9.17, 15) is 0 Å². The summed E-state index contributed by atoms with van der Waals surface area (Å²) in [5, 5.41) is 7.02. The standard InChI is InChI=1S/C9H11N3O2/c1-6-9(7(2)14-12-6)10-3-8-4-13-5-11-8/h4-5,10H,3H2,1-2H3. The maximum Gasteiger partial charge on any atom is 0.180 e. The van der Waals surface area contributed by atoms with E-state index in [0.717, 1.165) is 22.8 Å². The van der Waals surface area contributed by atoms with Gasteiger partial charge >= 0.3 is 0 Å². The van der Waals surface area contributed by atoms with Crippen LogP contribution < -0.4 is 5.32 Å². The first-order valence-corrected chi connectivity index (χ1v) is 4.31. The molecule has 0 amide bonds. The highest BCUT2D eigenvalue weighted by molar-refractivity contribution is 5.49. The lowest BCUT2D eigenvalue weighted by molar-refractivity contribution is 0.393. The van der Waals surface area contributed by atoms with Gasteiger partial charge in [0.2, 0.25) is 0 Å². The van der Waals surface area contributed by atoms with Gasteiger partial charge in [-0.15, -0.1) is 0 Å². The van der Waals surface area contributed by atoms with E-state index in [2.05, 4.69) is 15.5 Å². The smallest absolute Gasteiger partial charge is 0.180 e. The second-order valence-electron chi connectivity index (χ2n) is 3.03. The van der Waals surface area contributed by atoms with Crippen LogP contribution in [0.2, 0.25) is 0 Å². The molecule has 0 unspecified atom stereocenters. The van der Waals surface area contributed by atoms with Gasteiger partial charge in [-0.2, -0.15) is 0 Å². The van der Waals surface area contributed by atoms with Gasteiger partial charge in [0.1, 0.15) is 17.6 Å². The lowest BCUT2D eigenvalue weighted by atomic mass is 10.3. The van der Waals surface area contributed by atoms with Crippen molar-refractivity contribution in [1.82, 2.24) is 10.1 Å². The second-order valence-corrected chi connectivity index (χ2v) is 3.03. The largest absolute Gasteiger partial charge is 0.451 e. The van der Waals surface area contributed by atoms with E-state index < -0.39 is 0 Å². The van der Waals surface area contributed by atoms with E-state index in [-0.39, 0.29) is 0 Å². The Morgan fingerprint density at radius 3 is 2.86 bits per heavy atom. The molecule has 5 nitrogen and oxygen atoms in total. The minimum atomic E-state index is 0.611. The van der Waals surface area contributed by atoms with Crippen LogP contribution in [0.3, 0.4) is 0 Å². The number of aryl methyl sites for hydroxylation is 2. The third kappa shape index (κ3) is 1.61. The SMILES string of the molecule is Cc1noc(C)c1NCc1cocn1. The van der Waals surface area contributed by atoms with Gasteiger partial charge in [0.15, 0.2) is 12.2 Å². The summed E-state index contributed by atoms with van der Waals surface area (Å²) in [6.45, 7) is 4.37. The molecule has 0 bridgehead atoms. The monoisotopic (exact) mass is 193 g/mol. The Hall–Kier alpha value is -1.78. The fourth-order valence-electron chi connectivity index (χ4n) is 1.24. The Labute approximate surface area is 81.1 Å². The Bertz CT molecular complexity index is 386. The normalized spacial score (nSPS) is 10.4. The zero-order valence-electron chi connectivity index (χ0n) is 8.07. The number of hydrogen-bond acceptors (Lipinski definition) is 5. The number of nitrogens with zero attached hydrogens (tertiary/aromatic N) is 2. The predicted molar refractivity (Wildman–Crippen MR) is 49.8 cm³/mol. The van der Waals surface area contributed by atoms with Crippen molar-refractivity contribution in [1.29, 1.82) is 0 Å². The molecule has 0 fully saturated rings. The molecule has 0 atom stereocenters. The van der Waals surface area contributed by atoms with E-state index in [1.54, 1.807) is 6.26 Å². The Morgan fingerprint density at radius 2 is 2.29 bits per heavy atom. The van der Waals surface area contributed by atoms with E-state index >= 15 is 0 Å². The van der Waals surface area contributed by atoms with Crippen molar-refractivity contribution in [2.75, 3.05) is 5.32 Å². The molecule has 0 aliphatic heterocycles. The Kier molecular flexibility index (Phi) is 2.22. The molecule has 74 valence electrons. The third-order valence-corrected chi connectivity index (χ3v) is 1.96. The quantitative estimate of drug-likeness (QED) is 0.806. The molecule has 0 saturated heterocycles. The average molecular weight is 193 g/mol. The van der Waals surface area contributed by atoms with Gasteiger partial charge in [0, 0.05) is 0 Å². The van der Waals surface area contributed by atoms with Crippen molar-refractivity contribution in [3.8, 4) is 0 Å². The Balaban J connectivity index is 2.05. The summed E-state index contributed by atoms with van der Waals surface area (Å²) in [6.07, 6.45) is 3.01. The van der Waals surface area contributed by atoms with Gasteiger partial charge in [0.05, 0.1) is 12.2 Å². The minimum Gasteiger partial charge on any atom is -0.451 e. The number of nitrogens with one attached hydrogen (secondary N) is 1. The third-order valence-electron chi connectivity index (χ3n) is 1.96. The number of anilines is 1. The van der Waals surface area contributed by atoms with Crippen LogP contribution in [-0.2, 0) is 6.54 Å². The summed E-state index contributed by atoms with van der Waals surface area (Å²) < 4.78 is 9.86. The highest BCUT2D eigenvalue weighted by Crippen LogP contribution is 2.18. The van der Waals surface area contributed by atoms with Gasteiger partial charge in [-0.25, -0.2) is 4.98 Å². The molecule has 0 aromatic carbocycles. The number of hydrogen-bond donors (Lipinski definition) is 1. The van der Waals surface area contributed by atoms with Crippen LogP contribution in [0, 0.1) is 13.8 Å². The molecule has 2 heterocycles. The molecule has 2 aromatic heterocycles. The molecule has 2 aromatic rings. The highest BCUT2D eigenvalue weighted by atomic mass is 16.5. The van der Waals surface area contributed by atoms with E-state index in [1.807, 2.05) is 13.8 Å². The molecule has 0 spiro atoms. The van der Waals surface area contributed by atoms with E-state index in [0.29, 0.717) is 6.54 Å². The highest BCUT2D eigenvalue weighted by Gasteiger charge is 2.08. The number of aromatic nitrogens is 2. The van der Waals surface area contributed by atoms with Crippen LogP contribution in [-0.4, -0.2) is 10.1 Å². The molecular formula is C9H11N3O2. The van der Waals surface area contributed by atoms with Crippen LogP contribution in [0.5, 0.6) is 0 Å². The van der Waals surface area contributed by atoms with Crippen molar-refractivity contribution in [2.45, 2.75) is 20.4 Å². The Morgan fingerprint density at radius 1 is 1.43 bits per heavy atom. The van der Waals surface area contributed by atoms with Crippen molar-refractivity contribution in [2.24, 2.45) is 0 Å². The maximum atomic E-state index is 5.01. The van der Waals surface area contributed by atoms with Crippen LogP contribution >= 0.6 is 0 Å². The number of rotatable bonds is 3. The summed E-state index contributed by atoms with van der Waals surface area (Å²) >= 11 is 0. The molecule has 0 saturated carbocycles. The van der Waals surface area contributed by atoms with Gasteiger partial charge in [-0.05, 0) is 13.8 Å². The summed E-state index contributed by atoms with van der Waals surface area (Å²) in [7, 11) is 0. The lowest BCUT2D eigenvalue weighted by Gasteiger charge is -2.01.